The summed E-state index contributed by atoms with van der Waals surface area (Å²) in [5.74, 6) is 0.763. The first-order chi connectivity index (χ1) is 13.8. The summed E-state index contributed by atoms with van der Waals surface area (Å²) in [5, 5.41) is 18.8. The number of hydrogen-bond acceptors (Lipinski definition) is 5. The monoisotopic (exact) mass is 406 g/mol. The summed E-state index contributed by atoms with van der Waals surface area (Å²) in [6, 6.07) is 20.9. The zero-order valence-electron chi connectivity index (χ0n) is 15.5. The van der Waals surface area contributed by atoms with Crippen molar-refractivity contribution in [1.82, 2.24) is 5.16 Å². The van der Waals surface area contributed by atoms with Gasteiger partial charge in [-0.25, -0.2) is 13.6 Å². The van der Waals surface area contributed by atoms with Gasteiger partial charge in [-0.05, 0) is 42.8 Å². The van der Waals surface area contributed by atoms with Crippen molar-refractivity contribution in [2.24, 2.45) is 5.14 Å². The number of rotatable bonds is 4. The van der Waals surface area contributed by atoms with Gasteiger partial charge in [-0.1, -0.05) is 47.1 Å². The molecule has 0 bridgehead atoms. The maximum atomic E-state index is 11.9. The molecule has 0 atom stereocenters. The Morgan fingerprint density at radius 2 is 1.48 bits per heavy atom. The Morgan fingerprint density at radius 1 is 0.862 bits per heavy atom. The summed E-state index contributed by atoms with van der Waals surface area (Å²) >= 11 is 0. The molecule has 0 saturated heterocycles. The van der Waals surface area contributed by atoms with Crippen LogP contribution in [0.3, 0.4) is 0 Å². The predicted octanol–water partition coefficient (Wildman–Crippen LogP) is 4.34. The SMILES string of the molecule is Cc1ccc(S(N)(=O)=O)c(-c2ccc(-c3cc(-c4ccc(O)cc4)no3)cc2)c1. The van der Waals surface area contributed by atoms with E-state index in [0.29, 0.717) is 17.0 Å². The summed E-state index contributed by atoms with van der Waals surface area (Å²) in [5.41, 5.74) is 4.51. The van der Waals surface area contributed by atoms with Crippen LogP contribution >= 0.6 is 0 Å². The van der Waals surface area contributed by atoms with Crippen LogP contribution < -0.4 is 5.14 Å². The van der Waals surface area contributed by atoms with Crippen molar-refractivity contribution in [2.45, 2.75) is 11.8 Å². The summed E-state index contributed by atoms with van der Waals surface area (Å²) in [7, 11) is -3.84. The highest BCUT2D eigenvalue weighted by Gasteiger charge is 2.16. The molecule has 4 aromatic rings. The van der Waals surface area contributed by atoms with E-state index in [0.717, 1.165) is 22.3 Å². The number of nitrogens with two attached hydrogens (primary N) is 1. The van der Waals surface area contributed by atoms with Gasteiger partial charge in [0.1, 0.15) is 11.4 Å². The van der Waals surface area contributed by atoms with E-state index in [1.54, 1.807) is 36.4 Å². The van der Waals surface area contributed by atoms with Crippen molar-refractivity contribution in [2.75, 3.05) is 0 Å². The normalized spacial score (nSPS) is 11.5. The fourth-order valence-corrected chi connectivity index (χ4v) is 3.85. The molecule has 0 radical (unpaired) electrons. The van der Waals surface area contributed by atoms with Crippen molar-refractivity contribution in [1.29, 1.82) is 0 Å². The van der Waals surface area contributed by atoms with Crippen molar-refractivity contribution in [3.05, 3.63) is 78.4 Å². The van der Waals surface area contributed by atoms with Gasteiger partial charge in [0, 0.05) is 22.8 Å². The second-order valence-electron chi connectivity index (χ2n) is 6.75. The van der Waals surface area contributed by atoms with E-state index >= 15 is 0 Å². The Balaban J connectivity index is 1.68. The fourth-order valence-electron chi connectivity index (χ4n) is 3.11. The first kappa shape index (κ1) is 18.9. The minimum Gasteiger partial charge on any atom is -0.508 e. The van der Waals surface area contributed by atoms with Crippen LogP contribution in [0.25, 0.3) is 33.7 Å². The average Bonchev–Trinajstić information content (AvgIpc) is 3.18. The molecule has 146 valence electrons. The van der Waals surface area contributed by atoms with Crippen LogP contribution in [0.15, 0.2) is 82.2 Å². The lowest BCUT2D eigenvalue weighted by atomic mass is 10.0. The maximum Gasteiger partial charge on any atom is 0.238 e. The third kappa shape index (κ3) is 3.91. The van der Waals surface area contributed by atoms with Crippen LogP contribution in [-0.4, -0.2) is 18.7 Å². The zero-order valence-corrected chi connectivity index (χ0v) is 16.3. The molecule has 0 fully saturated rings. The van der Waals surface area contributed by atoms with Crippen LogP contribution in [0.4, 0.5) is 0 Å². The summed E-state index contributed by atoms with van der Waals surface area (Å²) < 4.78 is 29.3. The van der Waals surface area contributed by atoms with Crippen molar-refractivity contribution in [3.63, 3.8) is 0 Å². The van der Waals surface area contributed by atoms with Gasteiger partial charge < -0.3 is 9.63 Å². The molecule has 1 aromatic heterocycles. The molecule has 7 heteroatoms. The van der Waals surface area contributed by atoms with E-state index in [4.69, 9.17) is 9.66 Å². The zero-order chi connectivity index (χ0) is 20.6. The van der Waals surface area contributed by atoms with E-state index in [1.165, 1.54) is 6.07 Å². The number of phenolic OH excluding ortho intramolecular Hbond substituents is 1. The number of aromatic hydroxyl groups is 1. The first-order valence-corrected chi connectivity index (χ1v) is 10.4. The van der Waals surface area contributed by atoms with Gasteiger partial charge >= 0.3 is 0 Å². The molecule has 0 aliphatic carbocycles. The second kappa shape index (κ2) is 7.20. The highest BCUT2D eigenvalue weighted by molar-refractivity contribution is 7.89. The largest absolute Gasteiger partial charge is 0.508 e. The predicted molar refractivity (Wildman–Crippen MR) is 111 cm³/mol. The van der Waals surface area contributed by atoms with Crippen LogP contribution in [-0.2, 0) is 10.0 Å². The van der Waals surface area contributed by atoms with E-state index in [9.17, 15) is 13.5 Å². The lowest BCUT2D eigenvalue weighted by Gasteiger charge is -2.09. The Bertz CT molecular complexity index is 1280. The molecule has 0 unspecified atom stereocenters. The molecule has 0 spiro atoms. The van der Waals surface area contributed by atoms with Gasteiger partial charge in [-0.15, -0.1) is 0 Å². The number of aromatic nitrogens is 1. The first-order valence-electron chi connectivity index (χ1n) is 8.82. The summed E-state index contributed by atoms with van der Waals surface area (Å²) in [6.07, 6.45) is 0. The molecule has 0 aliphatic rings. The minimum absolute atomic E-state index is 0.0881. The lowest BCUT2D eigenvalue weighted by molar-refractivity contribution is 0.435. The standard InChI is InChI=1S/C22H18N2O4S/c1-14-2-11-22(29(23,26)27)19(12-14)15-3-5-17(6-4-15)21-13-20(24-28-21)16-7-9-18(25)10-8-16/h2-13,25H,1H3,(H2,23,26,27). The summed E-state index contributed by atoms with van der Waals surface area (Å²) in [6.45, 7) is 1.89. The third-order valence-electron chi connectivity index (χ3n) is 4.60. The quantitative estimate of drug-likeness (QED) is 0.524. The smallest absolute Gasteiger partial charge is 0.238 e. The molecular weight excluding hydrogens is 388 g/mol. The molecule has 6 nitrogen and oxygen atoms in total. The number of nitrogens with zero attached hydrogens (tertiary/aromatic N) is 1. The van der Waals surface area contributed by atoms with Gasteiger partial charge in [0.15, 0.2) is 5.76 Å². The van der Waals surface area contributed by atoms with Gasteiger partial charge in [-0.3, -0.25) is 0 Å². The Labute approximate surface area is 168 Å². The van der Waals surface area contributed by atoms with Gasteiger partial charge in [-0.2, -0.15) is 0 Å². The van der Waals surface area contributed by atoms with Gasteiger partial charge in [0.05, 0.1) is 4.90 Å². The molecule has 4 rings (SSSR count). The van der Waals surface area contributed by atoms with Crippen LogP contribution in [0.1, 0.15) is 5.56 Å². The van der Waals surface area contributed by atoms with Gasteiger partial charge in [0.25, 0.3) is 0 Å². The maximum absolute atomic E-state index is 11.9. The number of phenols is 1. The molecule has 1 heterocycles. The molecular formula is C22H18N2O4S. The van der Waals surface area contributed by atoms with E-state index < -0.39 is 10.0 Å². The molecule has 0 amide bonds. The van der Waals surface area contributed by atoms with Crippen LogP contribution in [0, 0.1) is 6.92 Å². The lowest BCUT2D eigenvalue weighted by Crippen LogP contribution is -2.13. The van der Waals surface area contributed by atoms with E-state index in [2.05, 4.69) is 5.16 Å². The Hall–Kier alpha value is -3.42. The van der Waals surface area contributed by atoms with Crippen LogP contribution in [0.2, 0.25) is 0 Å². The molecule has 3 aromatic carbocycles. The van der Waals surface area contributed by atoms with Gasteiger partial charge in [0.2, 0.25) is 10.0 Å². The molecule has 29 heavy (non-hydrogen) atoms. The summed E-state index contributed by atoms with van der Waals surface area (Å²) in [4.78, 5) is 0.0881. The Morgan fingerprint density at radius 3 is 2.14 bits per heavy atom. The van der Waals surface area contributed by atoms with E-state index in [1.807, 2.05) is 37.3 Å². The minimum atomic E-state index is -3.84. The number of sulfonamides is 1. The van der Waals surface area contributed by atoms with Crippen LogP contribution in [0.5, 0.6) is 5.75 Å². The third-order valence-corrected chi connectivity index (χ3v) is 5.56. The number of aryl methyl sites for hydroxylation is 1. The Kier molecular flexibility index (Phi) is 4.70. The molecule has 0 saturated carbocycles. The highest BCUT2D eigenvalue weighted by atomic mass is 32.2. The molecule has 3 N–H and O–H groups in total. The van der Waals surface area contributed by atoms with Crippen molar-refractivity contribution < 1.29 is 18.0 Å². The van der Waals surface area contributed by atoms with E-state index in [-0.39, 0.29) is 10.6 Å². The highest BCUT2D eigenvalue weighted by Crippen LogP contribution is 2.31. The topological polar surface area (TPSA) is 106 Å². The number of hydrogen-bond donors (Lipinski definition) is 2. The number of benzene rings is 3. The number of primary sulfonamides is 1. The molecule has 0 aliphatic heterocycles. The van der Waals surface area contributed by atoms with Crippen molar-refractivity contribution in [3.8, 4) is 39.5 Å². The van der Waals surface area contributed by atoms with Crippen molar-refractivity contribution >= 4 is 10.0 Å². The fraction of sp³-hybridized carbons (Fsp3) is 0.0455. The average molecular weight is 406 g/mol. The second-order valence-corrected chi connectivity index (χ2v) is 8.28.